The Morgan fingerprint density at radius 2 is 1.19 bits per heavy atom. The molecule has 0 spiro atoms. The molecule has 0 aliphatic heterocycles. The van der Waals surface area contributed by atoms with E-state index in [0.29, 0.717) is 5.84 Å². The number of aliphatic imine (C=N–C) groups is 2. The van der Waals surface area contributed by atoms with Crippen LogP contribution < -0.4 is 5.32 Å². The predicted octanol–water partition coefficient (Wildman–Crippen LogP) is 11.6. The van der Waals surface area contributed by atoms with Crippen LogP contribution in [0.3, 0.4) is 0 Å². The lowest BCUT2D eigenvalue weighted by molar-refractivity contribution is 1.03. The van der Waals surface area contributed by atoms with Gasteiger partial charge in [-0.3, -0.25) is 4.99 Å². The number of hydrogen-bond acceptors (Lipinski definition) is 1. The molecule has 3 nitrogen and oxygen atoms in total. The van der Waals surface area contributed by atoms with E-state index in [0.717, 1.165) is 41.1 Å². The van der Waals surface area contributed by atoms with Crippen LogP contribution in [0.4, 0.5) is 5.69 Å². The van der Waals surface area contributed by atoms with Gasteiger partial charge in [0.15, 0.2) is 5.84 Å². The Morgan fingerprint density at radius 1 is 0.562 bits per heavy atom. The quantitative estimate of drug-likeness (QED) is 0.116. The molecule has 0 amide bonds. The van der Waals surface area contributed by atoms with Gasteiger partial charge in [0.1, 0.15) is 5.84 Å². The predicted molar refractivity (Wildman–Crippen MR) is 206 cm³/mol. The van der Waals surface area contributed by atoms with Crippen LogP contribution in [0.1, 0.15) is 18.4 Å². The molecule has 0 aromatic heterocycles. The first-order chi connectivity index (χ1) is 23.8. The first-order valence-corrected chi connectivity index (χ1v) is 16.5. The largest absolute Gasteiger partial charge is 0.340 e. The SMILES string of the molecule is CN=C(N=C(Nc1ccccc1)C1=CCCC=C1)c1cccc(-c2c3ccccc3c(-c3ccc4ccccc4c3)c3ccccc23)c1. The third-order valence-electron chi connectivity index (χ3n) is 9.11. The van der Waals surface area contributed by atoms with Crippen LogP contribution in [0.5, 0.6) is 0 Å². The summed E-state index contributed by atoms with van der Waals surface area (Å²) in [5.74, 6) is 1.47. The molecule has 0 heterocycles. The van der Waals surface area contributed by atoms with E-state index in [-0.39, 0.29) is 0 Å². The maximum atomic E-state index is 5.16. The van der Waals surface area contributed by atoms with Crippen LogP contribution >= 0.6 is 0 Å². The van der Waals surface area contributed by atoms with Crippen LogP contribution in [0.2, 0.25) is 0 Å². The van der Waals surface area contributed by atoms with Crippen molar-refractivity contribution < 1.29 is 0 Å². The van der Waals surface area contributed by atoms with Gasteiger partial charge in [-0.25, -0.2) is 4.99 Å². The van der Waals surface area contributed by atoms with Crippen LogP contribution in [-0.2, 0) is 0 Å². The Morgan fingerprint density at radius 3 is 1.83 bits per heavy atom. The van der Waals surface area contributed by atoms with Gasteiger partial charge < -0.3 is 5.32 Å². The van der Waals surface area contributed by atoms with Gasteiger partial charge in [0.25, 0.3) is 0 Å². The molecule has 1 aliphatic carbocycles. The smallest absolute Gasteiger partial charge is 0.156 e. The summed E-state index contributed by atoms with van der Waals surface area (Å²) in [7, 11) is 1.82. The molecule has 48 heavy (non-hydrogen) atoms. The van der Waals surface area contributed by atoms with Crippen molar-refractivity contribution in [2.24, 2.45) is 9.98 Å². The third kappa shape index (κ3) is 5.61. The molecule has 0 atom stereocenters. The zero-order chi connectivity index (χ0) is 32.3. The Kier molecular flexibility index (Phi) is 7.93. The average Bonchev–Trinajstić information content (AvgIpc) is 3.16. The van der Waals surface area contributed by atoms with Gasteiger partial charge in [0.2, 0.25) is 0 Å². The van der Waals surface area contributed by atoms with Crippen LogP contribution in [-0.4, -0.2) is 18.7 Å². The van der Waals surface area contributed by atoms with E-state index in [1.807, 2.05) is 25.2 Å². The van der Waals surface area contributed by atoms with Crippen molar-refractivity contribution in [3.05, 3.63) is 175 Å². The number of rotatable bonds is 5. The highest BCUT2D eigenvalue weighted by Gasteiger charge is 2.18. The number of benzene rings is 7. The topological polar surface area (TPSA) is 36.8 Å². The molecule has 0 unspecified atom stereocenters. The highest BCUT2D eigenvalue weighted by atomic mass is 15.0. The Balaban J connectivity index is 1.29. The van der Waals surface area contributed by atoms with Crippen molar-refractivity contribution >= 4 is 49.7 Å². The summed E-state index contributed by atoms with van der Waals surface area (Å²) in [5, 5.41) is 11.0. The second kappa shape index (κ2) is 13.0. The molecule has 0 radical (unpaired) electrons. The Bertz CT molecular complexity index is 2370. The third-order valence-corrected chi connectivity index (χ3v) is 9.11. The van der Waals surface area contributed by atoms with E-state index in [9.17, 15) is 0 Å². The van der Waals surface area contributed by atoms with Gasteiger partial charge in [-0.1, -0.05) is 140 Å². The van der Waals surface area contributed by atoms with E-state index in [2.05, 4.69) is 151 Å². The van der Waals surface area contributed by atoms with E-state index in [1.165, 1.54) is 49.0 Å². The minimum atomic E-state index is 0.677. The first kappa shape index (κ1) is 29.3. The van der Waals surface area contributed by atoms with Crippen molar-refractivity contribution in [1.29, 1.82) is 0 Å². The molecular formula is C45H35N3. The zero-order valence-electron chi connectivity index (χ0n) is 26.9. The summed E-state index contributed by atoms with van der Waals surface area (Å²) >= 11 is 0. The highest BCUT2D eigenvalue weighted by molar-refractivity contribution is 6.22. The summed E-state index contributed by atoms with van der Waals surface area (Å²) in [4.78, 5) is 9.87. The second-order valence-electron chi connectivity index (χ2n) is 12.1. The van der Waals surface area contributed by atoms with Crippen molar-refractivity contribution in [1.82, 2.24) is 0 Å². The second-order valence-corrected chi connectivity index (χ2v) is 12.1. The Labute approximate surface area is 281 Å². The van der Waals surface area contributed by atoms with Gasteiger partial charge in [0.05, 0.1) is 0 Å². The fourth-order valence-corrected chi connectivity index (χ4v) is 6.87. The van der Waals surface area contributed by atoms with Crippen molar-refractivity contribution in [2.45, 2.75) is 12.8 Å². The molecule has 230 valence electrons. The zero-order valence-corrected chi connectivity index (χ0v) is 26.9. The number of nitrogens with zero attached hydrogens (tertiary/aromatic N) is 2. The molecule has 7 aromatic rings. The number of fused-ring (bicyclic) bond motifs is 3. The number of anilines is 1. The van der Waals surface area contributed by atoms with E-state index in [4.69, 9.17) is 9.98 Å². The lowest BCUT2D eigenvalue weighted by Gasteiger charge is -2.18. The van der Waals surface area contributed by atoms with Crippen LogP contribution in [0.25, 0.3) is 54.6 Å². The summed E-state index contributed by atoms with van der Waals surface area (Å²) in [6.45, 7) is 0. The highest BCUT2D eigenvalue weighted by Crippen LogP contribution is 2.44. The monoisotopic (exact) mass is 617 g/mol. The molecular weight excluding hydrogens is 583 g/mol. The maximum absolute atomic E-state index is 5.16. The molecule has 0 fully saturated rings. The lowest BCUT2D eigenvalue weighted by atomic mass is 9.85. The van der Waals surface area contributed by atoms with Crippen molar-refractivity contribution in [2.75, 3.05) is 12.4 Å². The normalized spacial score (nSPS) is 13.6. The van der Waals surface area contributed by atoms with Crippen LogP contribution in [0.15, 0.2) is 179 Å². The Hall–Kier alpha value is -6.06. The number of hydrogen-bond donors (Lipinski definition) is 1. The number of para-hydroxylation sites is 1. The van der Waals surface area contributed by atoms with Crippen molar-refractivity contribution in [3.63, 3.8) is 0 Å². The average molecular weight is 618 g/mol. The molecule has 8 rings (SSSR count). The van der Waals surface area contributed by atoms with Gasteiger partial charge in [-0.2, -0.15) is 0 Å². The summed E-state index contributed by atoms with van der Waals surface area (Å²) in [6, 6.07) is 51.9. The number of amidine groups is 2. The molecule has 1 N–H and O–H groups in total. The molecule has 0 bridgehead atoms. The van der Waals surface area contributed by atoms with Crippen molar-refractivity contribution in [3.8, 4) is 22.3 Å². The molecule has 0 saturated carbocycles. The first-order valence-electron chi connectivity index (χ1n) is 16.5. The molecule has 0 saturated heterocycles. The number of allylic oxidation sites excluding steroid dienone is 2. The fourth-order valence-electron chi connectivity index (χ4n) is 6.87. The minimum absolute atomic E-state index is 0.677. The minimum Gasteiger partial charge on any atom is -0.340 e. The fraction of sp³-hybridized carbons (Fsp3) is 0.0667. The summed E-state index contributed by atoms with van der Waals surface area (Å²) < 4.78 is 0. The van der Waals surface area contributed by atoms with Gasteiger partial charge >= 0.3 is 0 Å². The maximum Gasteiger partial charge on any atom is 0.156 e. The molecule has 3 heteroatoms. The van der Waals surface area contributed by atoms with Crippen LogP contribution in [0, 0.1) is 0 Å². The van der Waals surface area contributed by atoms with E-state index in [1.54, 1.807) is 0 Å². The van der Waals surface area contributed by atoms with Gasteiger partial charge in [0, 0.05) is 23.9 Å². The molecule has 7 aromatic carbocycles. The summed E-state index contributed by atoms with van der Waals surface area (Å²) in [5.41, 5.74) is 7.87. The number of nitrogens with one attached hydrogen (secondary N) is 1. The van der Waals surface area contributed by atoms with E-state index < -0.39 is 0 Å². The molecule has 1 aliphatic rings. The van der Waals surface area contributed by atoms with E-state index >= 15 is 0 Å². The van der Waals surface area contributed by atoms with Gasteiger partial charge in [-0.05, 0) is 91.7 Å². The van der Waals surface area contributed by atoms with Gasteiger partial charge in [-0.15, -0.1) is 0 Å². The lowest BCUT2D eigenvalue weighted by Crippen LogP contribution is -2.17. The summed E-state index contributed by atoms with van der Waals surface area (Å²) in [6.07, 6.45) is 8.63. The standard InChI is InChI=1S/C45H35N3/c1-46-44(48-45(32-16-4-2-5-17-32)47-37-21-6-3-7-22-37)36-20-14-19-34(30-36)42-38-23-10-12-25-40(38)43(41-26-13-11-24-39(41)42)35-28-27-31-15-8-9-18-33(31)29-35/h3-4,6-30H,2,5H2,1H3,(H,46,47,48).